The summed E-state index contributed by atoms with van der Waals surface area (Å²) in [4.78, 5) is 7.19. The van der Waals surface area contributed by atoms with Gasteiger partial charge in [-0.25, -0.2) is 4.98 Å². The quantitative estimate of drug-likeness (QED) is 0.852. The molecule has 1 aliphatic heterocycles. The summed E-state index contributed by atoms with van der Waals surface area (Å²) in [5, 5.41) is 9.92. The molecule has 0 spiro atoms. The van der Waals surface area contributed by atoms with E-state index >= 15 is 0 Å². The summed E-state index contributed by atoms with van der Waals surface area (Å²) in [5.74, 6) is 0. The van der Waals surface area contributed by atoms with Crippen molar-refractivity contribution in [1.29, 1.82) is 0 Å². The van der Waals surface area contributed by atoms with Gasteiger partial charge in [0.25, 0.3) is 0 Å². The van der Waals surface area contributed by atoms with Gasteiger partial charge < -0.3 is 10.6 Å². The molecule has 7 heteroatoms. The molecule has 1 aromatic heterocycles. The maximum Gasteiger partial charge on any atom is 0.187 e. The third kappa shape index (κ3) is 5.62. The van der Waals surface area contributed by atoms with Gasteiger partial charge in [0.2, 0.25) is 0 Å². The van der Waals surface area contributed by atoms with E-state index in [1.165, 1.54) is 5.56 Å². The number of rotatable bonds is 4. The van der Waals surface area contributed by atoms with Crippen LogP contribution in [-0.2, 0) is 6.54 Å². The molecule has 4 nitrogen and oxygen atoms in total. The van der Waals surface area contributed by atoms with Crippen LogP contribution in [0.25, 0.3) is 0 Å². The summed E-state index contributed by atoms with van der Waals surface area (Å²) >= 11 is 1.67. The Morgan fingerprint density at radius 3 is 2.74 bits per heavy atom. The largest absolute Gasteiger partial charge is 0.332 e. The molecule has 0 bridgehead atoms. The van der Waals surface area contributed by atoms with Crippen molar-refractivity contribution in [2.75, 3.05) is 25.0 Å². The zero-order valence-corrected chi connectivity index (χ0v) is 15.9. The molecule has 0 saturated carbocycles. The highest BCUT2D eigenvalue weighted by Gasteiger charge is 2.18. The topological polar surface area (TPSA) is 40.2 Å². The number of hydrogen-bond donors (Lipinski definition) is 2. The monoisotopic (exact) mass is 374 g/mol. The number of anilines is 2. The van der Waals surface area contributed by atoms with Crippen LogP contribution in [0.5, 0.6) is 0 Å². The van der Waals surface area contributed by atoms with Crippen molar-refractivity contribution in [2.24, 2.45) is 0 Å². The molecule has 128 valence electrons. The lowest BCUT2D eigenvalue weighted by molar-refractivity contribution is 0.164. The molecule has 0 aliphatic carbocycles. The molecule has 23 heavy (non-hydrogen) atoms. The first kappa shape index (κ1) is 20.2. The lowest BCUT2D eigenvalue weighted by Gasteiger charge is -2.33. The van der Waals surface area contributed by atoms with Gasteiger partial charge >= 0.3 is 0 Å². The van der Waals surface area contributed by atoms with Gasteiger partial charge in [0, 0.05) is 43.3 Å². The number of aryl methyl sites for hydroxylation is 1. The molecule has 0 amide bonds. The summed E-state index contributed by atoms with van der Waals surface area (Å²) in [6.07, 6.45) is 0. The Morgan fingerprint density at radius 1 is 1.30 bits per heavy atom. The van der Waals surface area contributed by atoms with Crippen molar-refractivity contribution in [1.82, 2.24) is 15.2 Å². The van der Waals surface area contributed by atoms with Crippen LogP contribution in [0.1, 0.15) is 18.2 Å². The Morgan fingerprint density at radius 2 is 2.04 bits per heavy atom. The van der Waals surface area contributed by atoms with Crippen LogP contribution in [0.4, 0.5) is 10.8 Å². The predicted molar refractivity (Wildman–Crippen MR) is 104 cm³/mol. The molecule has 1 saturated heterocycles. The lowest BCUT2D eigenvalue weighted by atomic mass is 10.2. The van der Waals surface area contributed by atoms with E-state index in [1.807, 2.05) is 0 Å². The van der Waals surface area contributed by atoms with E-state index in [0.717, 1.165) is 42.7 Å². The molecule has 2 aromatic rings. The lowest BCUT2D eigenvalue weighted by Crippen LogP contribution is -2.49. The second-order valence-electron chi connectivity index (χ2n) is 5.66. The van der Waals surface area contributed by atoms with Crippen LogP contribution in [0.2, 0.25) is 0 Å². The smallest absolute Gasteiger partial charge is 0.187 e. The van der Waals surface area contributed by atoms with Gasteiger partial charge in [0.15, 0.2) is 5.13 Å². The Balaban J connectivity index is 0.00000132. The predicted octanol–water partition coefficient (Wildman–Crippen LogP) is 3.83. The van der Waals surface area contributed by atoms with Gasteiger partial charge in [0.1, 0.15) is 0 Å². The highest BCUT2D eigenvalue weighted by molar-refractivity contribution is 7.13. The standard InChI is InChI=1S/C16H22N4S.2ClH/c1-12-3-5-14(6-4-12)18-16-19-15(11-21-16)10-20-8-7-17-9-13(20)2;;/h3-6,11,13,17H,7-10H2,1-2H3,(H,18,19);2*1H/t13-;;/m1../s1. The molecular weight excluding hydrogens is 351 g/mol. The van der Waals surface area contributed by atoms with Crippen molar-refractivity contribution in [2.45, 2.75) is 26.4 Å². The maximum absolute atomic E-state index is 4.70. The minimum absolute atomic E-state index is 0. The highest BCUT2D eigenvalue weighted by atomic mass is 35.5. The molecule has 1 fully saturated rings. The van der Waals surface area contributed by atoms with Gasteiger partial charge in [0.05, 0.1) is 5.69 Å². The number of hydrogen-bond acceptors (Lipinski definition) is 5. The van der Waals surface area contributed by atoms with Crippen molar-refractivity contribution in [3.05, 3.63) is 40.9 Å². The number of nitrogens with zero attached hydrogens (tertiary/aromatic N) is 2. The van der Waals surface area contributed by atoms with E-state index in [9.17, 15) is 0 Å². The van der Waals surface area contributed by atoms with E-state index < -0.39 is 0 Å². The minimum atomic E-state index is 0. The van der Waals surface area contributed by atoms with E-state index in [1.54, 1.807) is 11.3 Å². The zero-order valence-electron chi connectivity index (χ0n) is 13.4. The molecule has 3 rings (SSSR count). The van der Waals surface area contributed by atoms with Crippen LogP contribution in [0.3, 0.4) is 0 Å². The summed E-state index contributed by atoms with van der Waals surface area (Å²) in [6.45, 7) is 8.54. The van der Waals surface area contributed by atoms with Crippen LogP contribution in [0.15, 0.2) is 29.6 Å². The number of benzene rings is 1. The molecular formula is C16H24Cl2N4S. The fraction of sp³-hybridized carbons (Fsp3) is 0.438. The van der Waals surface area contributed by atoms with Gasteiger partial charge in [-0.05, 0) is 26.0 Å². The Kier molecular flexibility index (Phi) is 8.29. The normalized spacial score (nSPS) is 17.9. The first-order valence-electron chi connectivity index (χ1n) is 7.43. The van der Waals surface area contributed by atoms with Crippen molar-refractivity contribution in [3.63, 3.8) is 0 Å². The molecule has 0 unspecified atom stereocenters. The SMILES string of the molecule is Cc1ccc(Nc2nc(CN3CCNC[C@H]3C)cs2)cc1.Cl.Cl. The first-order chi connectivity index (χ1) is 10.2. The third-order valence-corrected chi connectivity index (χ3v) is 4.67. The fourth-order valence-corrected chi connectivity index (χ4v) is 3.25. The average Bonchev–Trinajstić information content (AvgIpc) is 2.91. The summed E-state index contributed by atoms with van der Waals surface area (Å²) in [5.41, 5.74) is 3.52. The molecule has 1 aromatic carbocycles. The van der Waals surface area contributed by atoms with Gasteiger partial charge in [-0.1, -0.05) is 17.7 Å². The summed E-state index contributed by atoms with van der Waals surface area (Å²) in [6, 6.07) is 8.98. The van der Waals surface area contributed by atoms with Gasteiger partial charge in [-0.3, -0.25) is 4.90 Å². The maximum atomic E-state index is 4.70. The summed E-state index contributed by atoms with van der Waals surface area (Å²) in [7, 11) is 0. The van der Waals surface area contributed by atoms with Crippen molar-refractivity contribution < 1.29 is 0 Å². The minimum Gasteiger partial charge on any atom is -0.332 e. The van der Waals surface area contributed by atoms with E-state index in [2.05, 4.69) is 59.0 Å². The average molecular weight is 375 g/mol. The van der Waals surface area contributed by atoms with Gasteiger partial charge in [-0.2, -0.15) is 0 Å². The molecule has 2 heterocycles. The van der Waals surface area contributed by atoms with E-state index in [4.69, 9.17) is 4.98 Å². The zero-order chi connectivity index (χ0) is 14.7. The van der Waals surface area contributed by atoms with Crippen molar-refractivity contribution >= 4 is 47.0 Å². The van der Waals surface area contributed by atoms with Gasteiger partial charge in [-0.15, -0.1) is 36.2 Å². The number of halogens is 2. The first-order valence-corrected chi connectivity index (χ1v) is 8.31. The molecule has 2 N–H and O–H groups in total. The van der Waals surface area contributed by atoms with Crippen LogP contribution in [0, 0.1) is 6.92 Å². The highest BCUT2D eigenvalue weighted by Crippen LogP contribution is 2.22. The molecule has 1 aliphatic rings. The second kappa shape index (κ2) is 9.45. The van der Waals surface area contributed by atoms with Crippen LogP contribution < -0.4 is 10.6 Å². The Bertz CT molecular complexity index is 588. The fourth-order valence-electron chi connectivity index (χ4n) is 2.52. The molecule has 0 radical (unpaired) electrons. The second-order valence-corrected chi connectivity index (χ2v) is 6.52. The van der Waals surface area contributed by atoms with E-state index in [-0.39, 0.29) is 24.8 Å². The van der Waals surface area contributed by atoms with E-state index in [0.29, 0.717) is 6.04 Å². The number of nitrogens with one attached hydrogen (secondary N) is 2. The third-order valence-electron chi connectivity index (χ3n) is 3.86. The number of thiazole rings is 1. The van der Waals surface area contributed by atoms with Crippen LogP contribution >= 0.6 is 36.2 Å². The Hall–Kier alpha value is -0.850. The number of piperazine rings is 1. The summed E-state index contributed by atoms with van der Waals surface area (Å²) < 4.78 is 0. The number of aromatic nitrogens is 1. The van der Waals surface area contributed by atoms with Crippen LogP contribution in [-0.4, -0.2) is 35.6 Å². The Labute approximate surface area is 154 Å². The molecule has 1 atom stereocenters. The van der Waals surface area contributed by atoms with Crippen molar-refractivity contribution in [3.8, 4) is 0 Å².